The summed E-state index contributed by atoms with van der Waals surface area (Å²) in [6.45, 7) is 4.94. The number of aromatic nitrogens is 1. The Morgan fingerprint density at radius 2 is 1.66 bits per heavy atom. The third-order valence-electron chi connectivity index (χ3n) is 5.68. The Morgan fingerprint density at radius 1 is 0.931 bits per heavy atom. The van der Waals surface area contributed by atoms with Crippen molar-refractivity contribution < 1.29 is 14.0 Å². The Hall–Kier alpha value is -2.67. The van der Waals surface area contributed by atoms with Crippen LogP contribution >= 0.6 is 0 Å². The monoisotopic (exact) mass is 396 g/mol. The number of amides is 2. The van der Waals surface area contributed by atoms with Crippen LogP contribution in [0.2, 0.25) is 0 Å². The van der Waals surface area contributed by atoms with E-state index in [9.17, 15) is 9.59 Å². The van der Waals surface area contributed by atoms with E-state index in [0.29, 0.717) is 31.1 Å². The average Bonchev–Trinajstić information content (AvgIpc) is 2.96. The van der Waals surface area contributed by atoms with Crippen molar-refractivity contribution in [1.29, 1.82) is 0 Å². The largest absolute Gasteiger partial charge is 0.437 e. The summed E-state index contributed by atoms with van der Waals surface area (Å²) >= 11 is 0. The van der Waals surface area contributed by atoms with Crippen molar-refractivity contribution in [3.63, 3.8) is 0 Å². The molecular weight excluding hydrogens is 368 g/mol. The van der Waals surface area contributed by atoms with Crippen LogP contribution in [0.5, 0.6) is 0 Å². The van der Waals surface area contributed by atoms with Crippen molar-refractivity contribution in [3.8, 4) is 0 Å². The number of para-hydroxylation sites is 2. The standard InChI is InChI=1S/C22H28N4O3/c27-21(10-9-20-23-18-7-3-4-8-19(18)29-20)26-15-13-24(14-16-26)17-22(28)25-11-5-1-2-6-12-25/h3-4,7-10H,1-2,5-6,11-17H2. The molecule has 154 valence electrons. The van der Waals surface area contributed by atoms with Crippen molar-refractivity contribution in [2.24, 2.45) is 0 Å². The molecule has 1 aromatic carbocycles. The van der Waals surface area contributed by atoms with Gasteiger partial charge in [0.1, 0.15) is 5.52 Å². The van der Waals surface area contributed by atoms with Gasteiger partial charge in [0.15, 0.2) is 5.58 Å². The van der Waals surface area contributed by atoms with Gasteiger partial charge in [0.25, 0.3) is 0 Å². The molecule has 4 rings (SSSR count). The highest BCUT2D eigenvalue weighted by atomic mass is 16.3. The number of carbonyl (C=O) groups excluding carboxylic acids is 2. The number of hydrogen-bond acceptors (Lipinski definition) is 5. The first kappa shape index (κ1) is 19.6. The van der Waals surface area contributed by atoms with Crippen LogP contribution in [0.4, 0.5) is 0 Å². The lowest BCUT2D eigenvalue weighted by molar-refractivity contribution is -0.133. The molecule has 0 aliphatic carbocycles. The lowest BCUT2D eigenvalue weighted by Gasteiger charge is -2.34. The minimum absolute atomic E-state index is 0.0502. The Balaban J connectivity index is 1.25. The predicted molar refractivity (Wildman–Crippen MR) is 111 cm³/mol. The van der Waals surface area contributed by atoms with E-state index >= 15 is 0 Å². The molecule has 2 aromatic rings. The first-order chi connectivity index (χ1) is 14.2. The van der Waals surface area contributed by atoms with Crippen LogP contribution in [0, 0.1) is 0 Å². The normalized spacial score (nSPS) is 19.0. The molecule has 2 fully saturated rings. The van der Waals surface area contributed by atoms with E-state index in [1.165, 1.54) is 18.9 Å². The zero-order chi connectivity index (χ0) is 20.1. The number of fused-ring (bicyclic) bond motifs is 1. The van der Waals surface area contributed by atoms with Gasteiger partial charge < -0.3 is 14.2 Å². The Morgan fingerprint density at radius 3 is 2.38 bits per heavy atom. The topological polar surface area (TPSA) is 69.9 Å². The SMILES string of the molecule is O=C(C=Cc1nc2ccccc2o1)N1CCN(CC(=O)N2CCCCCC2)CC1. The number of oxazole rings is 1. The van der Waals surface area contributed by atoms with Gasteiger partial charge in [-0.25, -0.2) is 4.98 Å². The van der Waals surface area contributed by atoms with E-state index in [1.807, 2.05) is 34.1 Å². The van der Waals surface area contributed by atoms with Crippen LogP contribution in [-0.2, 0) is 9.59 Å². The summed E-state index contributed by atoms with van der Waals surface area (Å²) in [6, 6.07) is 7.53. The number of hydrogen-bond donors (Lipinski definition) is 0. The molecule has 0 N–H and O–H groups in total. The zero-order valence-corrected chi connectivity index (χ0v) is 16.8. The fraction of sp³-hybridized carbons (Fsp3) is 0.500. The molecule has 2 aliphatic rings. The lowest BCUT2D eigenvalue weighted by Crippen LogP contribution is -2.51. The van der Waals surface area contributed by atoms with Gasteiger partial charge in [-0.3, -0.25) is 14.5 Å². The average molecular weight is 396 g/mol. The Labute approximate surface area is 171 Å². The van der Waals surface area contributed by atoms with E-state index in [1.54, 1.807) is 6.08 Å². The maximum Gasteiger partial charge on any atom is 0.246 e. The summed E-state index contributed by atoms with van der Waals surface area (Å²) in [5, 5.41) is 0. The van der Waals surface area contributed by atoms with E-state index in [0.717, 1.165) is 44.5 Å². The first-order valence-corrected chi connectivity index (χ1v) is 10.5. The van der Waals surface area contributed by atoms with Crippen LogP contribution < -0.4 is 0 Å². The van der Waals surface area contributed by atoms with E-state index < -0.39 is 0 Å². The maximum absolute atomic E-state index is 12.5. The summed E-state index contributed by atoms with van der Waals surface area (Å²) < 4.78 is 5.61. The Kier molecular flexibility index (Phi) is 6.24. The third kappa shape index (κ3) is 5.03. The van der Waals surface area contributed by atoms with Crippen LogP contribution in [0.15, 0.2) is 34.8 Å². The number of rotatable bonds is 4. The van der Waals surface area contributed by atoms with Crippen LogP contribution in [0.3, 0.4) is 0 Å². The molecule has 0 spiro atoms. The number of nitrogens with zero attached hydrogens (tertiary/aromatic N) is 4. The molecule has 29 heavy (non-hydrogen) atoms. The fourth-order valence-corrected chi connectivity index (χ4v) is 3.95. The lowest BCUT2D eigenvalue weighted by atomic mass is 10.2. The van der Waals surface area contributed by atoms with E-state index in [-0.39, 0.29) is 11.8 Å². The smallest absolute Gasteiger partial charge is 0.246 e. The molecule has 0 radical (unpaired) electrons. The van der Waals surface area contributed by atoms with Gasteiger partial charge in [-0.15, -0.1) is 0 Å². The van der Waals surface area contributed by atoms with E-state index in [4.69, 9.17) is 4.42 Å². The predicted octanol–water partition coefficient (Wildman–Crippen LogP) is 2.39. The molecule has 3 heterocycles. The van der Waals surface area contributed by atoms with Crippen molar-refractivity contribution in [3.05, 3.63) is 36.2 Å². The second kappa shape index (κ2) is 9.22. The van der Waals surface area contributed by atoms with Crippen molar-refractivity contribution in [2.75, 3.05) is 45.8 Å². The van der Waals surface area contributed by atoms with Gasteiger partial charge in [-0.1, -0.05) is 25.0 Å². The van der Waals surface area contributed by atoms with Gasteiger partial charge in [0.05, 0.1) is 6.54 Å². The fourth-order valence-electron chi connectivity index (χ4n) is 3.95. The zero-order valence-electron chi connectivity index (χ0n) is 16.8. The highest BCUT2D eigenvalue weighted by molar-refractivity contribution is 5.91. The van der Waals surface area contributed by atoms with Crippen LogP contribution in [0.1, 0.15) is 31.6 Å². The third-order valence-corrected chi connectivity index (χ3v) is 5.68. The Bertz CT molecular complexity index is 842. The number of benzene rings is 1. The molecular formula is C22H28N4O3. The molecule has 0 unspecified atom stereocenters. The van der Waals surface area contributed by atoms with Gasteiger partial charge in [0.2, 0.25) is 17.7 Å². The molecule has 7 heteroatoms. The molecule has 2 saturated heterocycles. The van der Waals surface area contributed by atoms with Crippen molar-refractivity contribution >= 4 is 29.0 Å². The second-order valence-electron chi connectivity index (χ2n) is 7.75. The minimum atomic E-state index is -0.0502. The second-order valence-corrected chi connectivity index (χ2v) is 7.75. The molecule has 0 bridgehead atoms. The first-order valence-electron chi connectivity index (χ1n) is 10.5. The minimum Gasteiger partial charge on any atom is -0.437 e. The van der Waals surface area contributed by atoms with Gasteiger partial charge in [-0.05, 0) is 25.0 Å². The van der Waals surface area contributed by atoms with Gasteiger partial charge >= 0.3 is 0 Å². The van der Waals surface area contributed by atoms with E-state index in [2.05, 4.69) is 9.88 Å². The highest BCUT2D eigenvalue weighted by Crippen LogP contribution is 2.16. The molecule has 0 saturated carbocycles. The number of carbonyl (C=O) groups is 2. The number of likely N-dealkylation sites (tertiary alicyclic amines) is 1. The molecule has 2 aliphatic heterocycles. The summed E-state index contributed by atoms with van der Waals surface area (Å²) in [4.78, 5) is 35.3. The van der Waals surface area contributed by atoms with Crippen LogP contribution in [0.25, 0.3) is 17.2 Å². The van der Waals surface area contributed by atoms with Crippen molar-refractivity contribution in [2.45, 2.75) is 25.7 Å². The summed E-state index contributed by atoms with van der Waals surface area (Å²) in [6.07, 6.45) is 7.81. The van der Waals surface area contributed by atoms with Crippen molar-refractivity contribution in [1.82, 2.24) is 19.7 Å². The molecule has 1 aromatic heterocycles. The molecule has 7 nitrogen and oxygen atoms in total. The van der Waals surface area contributed by atoms with Crippen LogP contribution in [-0.4, -0.2) is 77.3 Å². The summed E-state index contributed by atoms with van der Waals surface area (Å²) in [5.74, 6) is 0.606. The summed E-state index contributed by atoms with van der Waals surface area (Å²) in [5.41, 5.74) is 1.49. The summed E-state index contributed by atoms with van der Waals surface area (Å²) in [7, 11) is 0. The highest BCUT2D eigenvalue weighted by Gasteiger charge is 2.23. The molecule has 2 amide bonds. The molecule has 0 atom stereocenters. The number of piperazine rings is 1. The van der Waals surface area contributed by atoms with Gasteiger partial charge in [-0.2, -0.15) is 0 Å². The quantitative estimate of drug-likeness (QED) is 0.742. The maximum atomic E-state index is 12.5. The van der Waals surface area contributed by atoms with Gasteiger partial charge in [0, 0.05) is 51.4 Å².